The van der Waals surface area contributed by atoms with Crippen molar-refractivity contribution in [3.8, 4) is 0 Å². The van der Waals surface area contributed by atoms with Crippen LogP contribution in [-0.4, -0.2) is 6.54 Å². The molecule has 0 aromatic heterocycles. The Balaban J connectivity index is 2.47. The summed E-state index contributed by atoms with van der Waals surface area (Å²) in [4.78, 5) is 0. The second kappa shape index (κ2) is 3.52. The lowest BCUT2D eigenvalue weighted by molar-refractivity contribution is 0.451. The van der Waals surface area contributed by atoms with Gasteiger partial charge in [0.15, 0.2) is 11.6 Å². The Hall–Kier alpha value is -1.03. The molecule has 0 saturated heterocycles. The van der Waals surface area contributed by atoms with Gasteiger partial charge in [0.1, 0.15) is 5.82 Å². The van der Waals surface area contributed by atoms with E-state index in [-0.39, 0.29) is 5.56 Å². The summed E-state index contributed by atoms with van der Waals surface area (Å²) in [5.41, 5.74) is 4.72. The Morgan fingerprint density at radius 1 is 1.13 bits per heavy atom. The fourth-order valence-electron chi connectivity index (χ4n) is 2.07. The molecule has 0 heterocycles. The molecule has 0 unspecified atom stereocenters. The third-order valence-corrected chi connectivity index (χ3v) is 3.05. The van der Waals surface area contributed by atoms with Crippen LogP contribution in [0, 0.1) is 17.5 Å². The summed E-state index contributed by atoms with van der Waals surface area (Å²) in [5.74, 6) is -2.71. The quantitative estimate of drug-likeness (QED) is 0.770. The van der Waals surface area contributed by atoms with E-state index in [0.29, 0.717) is 25.8 Å². The minimum absolute atomic E-state index is 0.118. The van der Waals surface area contributed by atoms with Gasteiger partial charge in [-0.3, -0.25) is 0 Å². The SMILES string of the molecule is NCCC1(c2c(F)ccc(F)c2F)CC1. The fraction of sp³-hybridized carbons (Fsp3) is 0.455. The van der Waals surface area contributed by atoms with Crippen LogP contribution in [-0.2, 0) is 5.41 Å². The monoisotopic (exact) mass is 215 g/mol. The number of halogens is 3. The first-order chi connectivity index (χ1) is 7.10. The van der Waals surface area contributed by atoms with Gasteiger partial charge in [0.25, 0.3) is 0 Å². The predicted octanol–water partition coefficient (Wildman–Crippen LogP) is 2.48. The molecule has 0 amide bonds. The first-order valence-corrected chi connectivity index (χ1v) is 4.95. The first kappa shape index (κ1) is 10.5. The smallest absolute Gasteiger partial charge is 0.165 e. The molecule has 1 aliphatic carbocycles. The molecular weight excluding hydrogens is 203 g/mol. The summed E-state index contributed by atoms with van der Waals surface area (Å²) in [6.45, 7) is 0.357. The summed E-state index contributed by atoms with van der Waals surface area (Å²) in [5, 5.41) is 0. The average molecular weight is 215 g/mol. The largest absolute Gasteiger partial charge is 0.330 e. The highest BCUT2D eigenvalue weighted by atomic mass is 19.2. The van der Waals surface area contributed by atoms with Gasteiger partial charge in [-0.05, 0) is 37.9 Å². The number of hydrogen-bond acceptors (Lipinski definition) is 1. The summed E-state index contributed by atoms with van der Waals surface area (Å²) in [6.07, 6.45) is 1.87. The van der Waals surface area contributed by atoms with E-state index in [1.165, 1.54) is 0 Å². The highest BCUT2D eigenvalue weighted by Crippen LogP contribution is 2.52. The zero-order chi connectivity index (χ0) is 11.1. The van der Waals surface area contributed by atoms with Crippen LogP contribution in [0.5, 0.6) is 0 Å². The van der Waals surface area contributed by atoms with Crippen molar-refractivity contribution < 1.29 is 13.2 Å². The van der Waals surface area contributed by atoms with Crippen LogP contribution in [0.15, 0.2) is 12.1 Å². The van der Waals surface area contributed by atoms with Gasteiger partial charge in [-0.25, -0.2) is 13.2 Å². The Bertz CT molecular complexity index is 386. The van der Waals surface area contributed by atoms with Crippen LogP contribution in [0.3, 0.4) is 0 Å². The molecule has 0 atom stereocenters. The van der Waals surface area contributed by atoms with Gasteiger partial charge in [-0.2, -0.15) is 0 Å². The lowest BCUT2D eigenvalue weighted by atomic mass is 9.91. The van der Waals surface area contributed by atoms with Gasteiger partial charge in [-0.1, -0.05) is 0 Å². The normalized spacial score (nSPS) is 17.9. The molecule has 0 aliphatic heterocycles. The molecule has 1 aromatic rings. The lowest BCUT2D eigenvalue weighted by Crippen LogP contribution is -2.17. The molecule has 15 heavy (non-hydrogen) atoms. The summed E-state index contributed by atoms with van der Waals surface area (Å²) < 4.78 is 39.9. The van der Waals surface area contributed by atoms with Crippen molar-refractivity contribution in [2.24, 2.45) is 5.73 Å². The number of benzene rings is 1. The molecule has 1 aromatic carbocycles. The highest BCUT2D eigenvalue weighted by Gasteiger charge is 2.47. The second-order valence-electron chi connectivity index (χ2n) is 4.04. The molecule has 2 rings (SSSR count). The molecular formula is C11H12F3N. The van der Waals surface area contributed by atoms with E-state index in [0.717, 1.165) is 12.1 Å². The van der Waals surface area contributed by atoms with Crippen molar-refractivity contribution in [1.29, 1.82) is 0 Å². The van der Waals surface area contributed by atoms with Crippen molar-refractivity contribution in [2.45, 2.75) is 24.7 Å². The van der Waals surface area contributed by atoms with Crippen molar-refractivity contribution in [2.75, 3.05) is 6.54 Å². The molecule has 0 spiro atoms. The predicted molar refractivity (Wildman–Crippen MR) is 50.9 cm³/mol. The van der Waals surface area contributed by atoms with E-state index in [1.54, 1.807) is 0 Å². The molecule has 4 heteroatoms. The molecule has 0 bridgehead atoms. The van der Waals surface area contributed by atoms with Crippen LogP contribution in [0.25, 0.3) is 0 Å². The Morgan fingerprint density at radius 2 is 1.73 bits per heavy atom. The topological polar surface area (TPSA) is 26.0 Å². The van der Waals surface area contributed by atoms with Gasteiger partial charge in [0.2, 0.25) is 0 Å². The molecule has 1 aliphatic rings. The zero-order valence-corrected chi connectivity index (χ0v) is 8.19. The van der Waals surface area contributed by atoms with Crippen molar-refractivity contribution in [3.05, 3.63) is 35.1 Å². The van der Waals surface area contributed by atoms with Gasteiger partial charge in [0, 0.05) is 11.0 Å². The fourth-order valence-corrected chi connectivity index (χ4v) is 2.07. The van der Waals surface area contributed by atoms with E-state index < -0.39 is 22.9 Å². The van der Waals surface area contributed by atoms with Crippen LogP contribution >= 0.6 is 0 Å². The molecule has 82 valence electrons. The van der Waals surface area contributed by atoms with Crippen molar-refractivity contribution in [1.82, 2.24) is 0 Å². The van der Waals surface area contributed by atoms with Crippen LogP contribution in [0.1, 0.15) is 24.8 Å². The number of nitrogens with two attached hydrogens (primary N) is 1. The summed E-state index contributed by atoms with van der Waals surface area (Å²) in [6, 6.07) is 1.79. The standard InChI is InChI=1S/C11H12F3N/c12-7-1-2-8(13)10(14)9(7)11(3-4-11)5-6-15/h1-2H,3-6,15H2. The van der Waals surface area contributed by atoms with E-state index in [1.807, 2.05) is 0 Å². The summed E-state index contributed by atoms with van der Waals surface area (Å²) >= 11 is 0. The second-order valence-corrected chi connectivity index (χ2v) is 4.04. The Morgan fingerprint density at radius 3 is 2.27 bits per heavy atom. The maximum absolute atomic E-state index is 13.5. The van der Waals surface area contributed by atoms with Gasteiger partial charge >= 0.3 is 0 Å². The van der Waals surface area contributed by atoms with E-state index >= 15 is 0 Å². The first-order valence-electron chi connectivity index (χ1n) is 4.95. The molecule has 1 nitrogen and oxygen atoms in total. The van der Waals surface area contributed by atoms with Crippen LogP contribution < -0.4 is 5.73 Å². The average Bonchev–Trinajstić information content (AvgIpc) is 2.94. The van der Waals surface area contributed by atoms with E-state index in [2.05, 4.69) is 0 Å². The third-order valence-electron chi connectivity index (χ3n) is 3.05. The van der Waals surface area contributed by atoms with E-state index in [9.17, 15) is 13.2 Å². The minimum Gasteiger partial charge on any atom is -0.330 e. The Kier molecular flexibility index (Phi) is 2.46. The van der Waals surface area contributed by atoms with Crippen LogP contribution in [0.2, 0.25) is 0 Å². The number of rotatable bonds is 3. The Labute approximate surface area is 86.1 Å². The van der Waals surface area contributed by atoms with E-state index in [4.69, 9.17) is 5.73 Å². The molecule has 0 radical (unpaired) electrons. The highest BCUT2D eigenvalue weighted by molar-refractivity contribution is 5.34. The number of hydrogen-bond donors (Lipinski definition) is 1. The van der Waals surface area contributed by atoms with Gasteiger partial charge in [-0.15, -0.1) is 0 Å². The van der Waals surface area contributed by atoms with Gasteiger partial charge < -0.3 is 5.73 Å². The zero-order valence-electron chi connectivity index (χ0n) is 8.19. The third kappa shape index (κ3) is 1.63. The lowest BCUT2D eigenvalue weighted by Gasteiger charge is -2.16. The van der Waals surface area contributed by atoms with Crippen molar-refractivity contribution >= 4 is 0 Å². The maximum atomic E-state index is 13.5. The van der Waals surface area contributed by atoms with Crippen LogP contribution in [0.4, 0.5) is 13.2 Å². The molecule has 1 saturated carbocycles. The minimum atomic E-state index is -1.05. The molecule has 2 N–H and O–H groups in total. The summed E-state index contributed by atoms with van der Waals surface area (Å²) in [7, 11) is 0. The van der Waals surface area contributed by atoms with Crippen molar-refractivity contribution in [3.63, 3.8) is 0 Å². The van der Waals surface area contributed by atoms with Gasteiger partial charge in [0.05, 0.1) is 0 Å². The molecule has 1 fully saturated rings. The maximum Gasteiger partial charge on any atom is 0.165 e.